The summed E-state index contributed by atoms with van der Waals surface area (Å²) in [4.78, 5) is 36.8. The zero-order chi connectivity index (χ0) is 24.2. The molecule has 0 radical (unpaired) electrons. The van der Waals surface area contributed by atoms with Crippen molar-refractivity contribution in [3.05, 3.63) is 87.9 Å². The molecule has 0 unspecified atom stereocenters. The fourth-order valence-corrected chi connectivity index (χ4v) is 4.52. The Labute approximate surface area is 205 Å². The van der Waals surface area contributed by atoms with Gasteiger partial charge in [0.25, 0.3) is 0 Å². The molecule has 4 rings (SSSR count). The number of alkyl carbamates (subject to hydrolysis) is 1. The van der Waals surface area contributed by atoms with Gasteiger partial charge in [-0.25, -0.2) is 9.59 Å². The lowest BCUT2D eigenvalue weighted by Gasteiger charge is -2.19. The van der Waals surface area contributed by atoms with Crippen LogP contribution in [0.2, 0.25) is 0 Å². The van der Waals surface area contributed by atoms with E-state index < -0.39 is 24.0 Å². The van der Waals surface area contributed by atoms with Crippen molar-refractivity contribution in [2.75, 3.05) is 11.9 Å². The number of aromatic carboxylic acids is 1. The highest BCUT2D eigenvalue weighted by atomic mass is 79.9. The molecule has 0 heterocycles. The van der Waals surface area contributed by atoms with Gasteiger partial charge in [0.1, 0.15) is 12.6 Å². The van der Waals surface area contributed by atoms with Crippen molar-refractivity contribution in [1.29, 1.82) is 0 Å². The molecule has 0 saturated carbocycles. The largest absolute Gasteiger partial charge is 0.478 e. The molecule has 0 aromatic heterocycles. The number of fused-ring (bicyclic) bond motifs is 3. The standard InChI is InChI=1S/C26H23BrN2O5/c1-2-22(24(30)28-23-13-15(27)11-12-20(23)25(31)32)29-26(33)34-14-21-18-9-5-3-7-16(18)17-8-4-6-10-19(17)21/h3-13,21-22H,2,14H2,1H3,(H,28,30)(H,29,33)(H,31,32)/t22-/m1/s1. The third-order valence-electron chi connectivity index (χ3n) is 5.83. The van der Waals surface area contributed by atoms with Crippen LogP contribution in [0.1, 0.15) is 40.7 Å². The minimum absolute atomic E-state index is 0.0486. The number of carbonyl (C=O) groups is 3. The maximum atomic E-state index is 12.8. The first-order valence-corrected chi connectivity index (χ1v) is 11.6. The third kappa shape index (κ3) is 4.82. The molecular formula is C26H23BrN2O5. The molecular weight excluding hydrogens is 500 g/mol. The first kappa shape index (κ1) is 23.5. The van der Waals surface area contributed by atoms with Gasteiger partial charge < -0.3 is 20.5 Å². The second-order valence-electron chi connectivity index (χ2n) is 7.92. The Bertz CT molecular complexity index is 1210. The van der Waals surface area contributed by atoms with Gasteiger partial charge >= 0.3 is 12.1 Å². The number of carboxylic acids is 1. The molecule has 1 aliphatic rings. The summed E-state index contributed by atoms with van der Waals surface area (Å²) in [6, 6.07) is 19.6. The minimum Gasteiger partial charge on any atom is -0.478 e. The van der Waals surface area contributed by atoms with Crippen LogP contribution in [-0.4, -0.2) is 35.7 Å². The van der Waals surface area contributed by atoms with E-state index in [0.29, 0.717) is 10.9 Å². The Hall–Kier alpha value is -3.65. The predicted octanol–water partition coefficient (Wildman–Crippen LogP) is 5.40. The molecule has 0 saturated heterocycles. The minimum atomic E-state index is -1.17. The van der Waals surface area contributed by atoms with Crippen LogP contribution in [0.15, 0.2) is 71.2 Å². The number of hydrogen-bond acceptors (Lipinski definition) is 4. The number of rotatable bonds is 7. The summed E-state index contributed by atoms with van der Waals surface area (Å²) in [6.07, 6.45) is -0.413. The number of ether oxygens (including phenoxy) is 1. The highest BCUT2D eigenvalue weighted by Gasteiger charge is 2.29. The van der Waals surface area contributed by atoms with Crippen LogP contribution >= 0.6 is 15.9 Å². The van der Waals surface area contributed by atoms with Crippen molar-refractivity contribution in [2.45, 2.75) is 25.3 Å². The van der Waals surface area contributed by atoms with Gasteiger partial charge in [0, 0.05) is 10.4 Å². The van der Waals surface area contributed by atoms with Crippen LogP contribution < -0.4 is 10.6 Å². The Morgan fingerprint density at radius 1 is 1.00 bits per heavy atom. The second kappa shape index (κ2) is 10.1. The van der Waals surface area contributed by atoms with Gasteiger partial charge in [0.15, 0.2) is 0 Å². The number of nitrogens with one attached hydrogen (secondary N) is 2. The lowest BCUT2D eigenvalue weighted by atomic mass is 9.98. The topological polar surface area (TPSA) is 105 Å². The molecule has 0 fully saturated rings. The molecule has 8 heteroatoms. The molecule has 1 atom stereocenters. The molecule has 1 aliphatic carbocycles. The van der Waals surface area contributed by atoms with Crippen LogP contribution in [0, 0.1) is 0 Å². The van der Waals surface area contributed by atoms with Gasteiger partial charge in [-0.05, 0) is 46.9 Å². The average Bonchev–Trinajstić information content (AvgIpc) is 3.14. The zero-order valence-electron chi connectivity index (χ0n) is 18.4. The number of amides is 2. The maximum Gasteiger partial charge on any atom is 0.407 e. The smallest absolute Gasteiger partial charge is 0.407 e. The van der Waals surface area contributed by atoms with Crippen molar-refractivity contribution in [3.63, 3.8) is 0 Å². The predicted molar refractivity (Wildman–Crippen MR) is 132 cm³/mol. The Kier molecular flexibility index (Phi) is 6.98. The molecule has 0 spiro atoms. The molecule has 34 heavy (non-hydrogen) atoms. The fourth-order valence-electron chi connectivity index (χ4n) is 4.16. The van der Waals surface area contributed by atoms with E-state index in [1.807, 2.05) is 36.4 Å². The Balaban J connectivity index is 1.41. The summed E-state index contributed by atoms with van der Waals surface area (Å²) in [5.74, 6) is -1.79. The maximum absolute atomic E-state index is 12.8. The molecule has 7 nitrogen and oxygen atoms in total. The van der Waals surface area contributed by atoms with Crippen LogP contribution in [0.25, 0.3) is 11.1 Å². The third-order valence-corrected chi connectivity index (χ3v) is 6.32. The summed E-state index contributed by atoms with van der Waals surface area (Å²) >= 11 is 3.27. The van der Waals surface area contributed by atoms with Crippen LogP contribution in [0.4, 0.5) is 10.5 Å². The van der Waals surface area contributed by atoms with Gasteiger partial charge in [-0.2, -0.15) is 0 Å². The second-order valence-corrected chi connectivity index (χ2v) is 8.83. The van der Waals surface area contributed by atoms with E-state index in [2.05, 4.69) is 38.7 Å². The number of anilines is 1. The molecule has 174 valence electrons. The number of benzene rings is 3. The first-order chi connectivity index (χ1) is 16.4. The number of carboxylic acid groups (broad SMARTS) is 1. The number of carbonyl (C=O) groups excluding carboxylic acids is 2. The first-order valence-electron chi connectivity index (χ1n) is 10.8. The molecule has 3 aromatic rings. The highest BCUT2D eigenvalue weighted by molar-refractivity contribution is 9.10. The molecule has 2 amide bonds. The molecule has 3 aromatic carbocycles. The van der Waals surface area contributed by atoms with Crippen LogP contribution in [0.3, 0.4) is 0 Å². The van der Waals surface area contributed by atoms with E-state index in [-0.39, 0.29) is 23.8 Å². The SMILES string of the molecule is CC[C@@H](NC(=O)OCC1c2ccccc2-c2ccccc21)C(=O)Nc1cc(Br)ccc1C(=O)O. The molecule has 0 bridgehead atoms. The van der Waals surface area contributed by atoms with E-state index in [4.69, 9.17) is 4.74 Å². The van der Waals surface area contributed by atoms with E-state index >= 15 is 0 Å². The summed E-state index contributed by atoms with van der Waals surface area (Å²) in [6.45, 7) is 1.87. The lowest BCUT2D eigenvalue weighted by Crippen LogP contribution is -2.44. The summed E-state index contributed by atoms with van der Waals surface area (Å²) in [7, 11) is 0. The van der Waals surface area contributed by atoms with E-state index in [1.165, 1.54) is 12.1 Å². The summed E-state index contributed by atoms with van der Waals surface area (Å²) < 4.78 is 6.14. The van der Waals surface area contributed by atoms with Crippen LogP contribution in [0.5, 0.6) is 0 Å². The number of halogens is 1. The van der Waals surface area contributed by atoms with E-state index in [1.54, 1.807) is 13.0 Å². The van der Waals surface area contributed by atoms with Gasteiger partial charge in [-0.15, -0.1) is 0 Å². The Morgan fingerprint density at radius 2 is 1.62 bits per heavy atom. The van der Waals surface area contributed by atoms with E-state index in [9.17, 15) is 19.5 Å². The van der Waals surface area contributed by atoms with Crippen LogP contribution in [-0.2, 0) is 9.53 Å². The zero-order valence-corrected chi connectivity index (χ0v) is 20.0. The molecule has 0 aliphatic heterocycles. The van der Waals surface area contributed by atoms with Gasteiger partial charge in [-0.1, -0.05) is 71.4 Å². The number of hydrogen-bond donors (Lipinski definition) is 3. The van der Waals surface area contributed by atoms with Crippen molar-refractivity contribution in [2.24, 2.45) is 0 Å². The van der Waals surface area contributed by atoms with Crippen molar-refractivity contribution < 1.29 is 24.2 Å². The van der Waals surface area contributed by atoms with Gasteiger partial charge in [-0.3, -0.25) is 4.79 Å². The van der Waals surface area contributed by atoms with Crippen molar-refractivity contribution in [1.82, 2.24) is 5.32 Å². The fraction of sp³-hybridized carbons (Fsp3) is 0.192. The van der Waals surface area contributed by atoms with Gasteiger partial charge in [0.2, 0.25) is 5.91 Å². The Morgan fingerprint density at radius 3 is 2.21 bits per heavy atom. The average molecular weight is 523 g/mol. The quantitative estimate of drug-likeness (QED) is 0.385. The lowest BCUT2D eigenvalue weighted by molar-refractivity contribution is -0.118. The van der Waals surface area contributed by atoms with Crippen molar-refractivity contribution in [3.8, 4) is 11.1 Å². The van der Waals surface area contributed by atoms with Crippen molar-refractivity contribution >= 4 is 39.6 Å². The molecule has 3 N–H and O–H groups in total. The summed E-state index contributed by atoms with van der Waals surface area (Å²) in [5, 5.41) is 14.5. The van der Waals surface area contributed by atoms with E-state index in [0.717, 1.165) is 22.3 Å². The van der Waals surface area contributed by atoms with Gasteiger partial charge in [0.05, 0.1) is 11.3 Å². The highest BCUT2D eigenvalue weighted by Crippen LogP contribution is 2.44. The normalized spacial score (nSPS) is 12.9. The summed E-state index contributed by atoms with van der Waals surface area (Å²) in [5.41, 5.74) is 4.53. The monoisotopic (exact) mass is 522 g/mol.